The zero-order valence-electron chi connectivity index (χ0n) is 19.3. The van der Waals surface area contributed by atoms with E-state index in [1.54, 1.807) is 31.4 Å². The van der Waals surface area contributed by atoms with Crippen LogP contribution in [0.1, 0.15) is 11.1 Å². The summed E-state index contributed by atoms with van der Waals surface area (Å²) in [7, 11) is 1.58. The maximum atomic E-state index is 13.0. The second kappa shape index (κ2) is 10.4. The third-order valence-electron chi connectivity index (χ3n) is 5.52. The van der Waals surface area contributed by atoms with Crippen LogP contribution in [-0.4, -0.2) is 29.5 Å². The molecule has 0 atom stereocenters. The van der Waals surface area contributed by atoms with Crippen molar-refractivity contribution in [3.8, 4) is 22.7 Å². The summed E-state index contributed by atoms with van der Waals surface area (Å²) < 4.78 is 45.6. The number of carbonyl (C=O) groups excluding carboxylic acids is 1. The maximum absolute atomic E-state index is 13.0. The SMILES string of the molecule is COc1ccccc1CCNC(=O)Nc1c(-c2ccccc2)nn(-c2ccc(C(F)(F)F)cc2)c1N. The van der Waals surface area contributed by atoms with Crippen molar-refractivity contribution >= 4 is 17.5 Å². The Morgan fingerprint density at radius 3 is 2.33 bits per heavy atom. The van der Waals surface area contributed by atoms with E-state index < -0.39 is 17.8 Å². The third-order valence-corrected chi connectivity index (χ3v) is 5.52. The number of methoxy groups -OCH3 is 1. The van der Waals surface area contributed by atoms with Crippen molar-refractivity contribution in [1.29, 1.82) is 0 Å². The standard InChI is InChI=1S/C26H24F3N5O2/c1-36-21-10-6-5-7-17(21)15-16-31-25(35)32-23-22(18-8-3-2-4-9-18)33-34(24(23)30)20-13-11-19(12-14-20)26(27,28)29/h2-14H,15-16,30H2,1H3,(H2,31,32,35). The maximum Gasteiger partial charge on any atom is 0.416 e. The number of nitrogens with two attached hydrogens (primary N) is 1. The summed E-state index contributed by atoms with van der Waals surface area (Å²) in [6.45, 7) is 0.333. The number of anilines is 2. The molecule has 0 aliphatic heterocycles. The summed E-state index contributed by atoms with van der Waals surface area (Å²) in [6, 6.07) is 20.5. The van der Waals surface area contributed by atoms with Gasteiger partial charge in [-0.2, -0.15) is 18.3 Å². The number of carbonyl (C=O) groups is 1. The number of halogens is 3. The van der Waals surface area contributed by atoms with Crippen LogP contribution in [0.15, 0.2) is 78.9 Å². The highest BCUT2D eigenvalue weighted by Crippen LogP contribution is 2.35. The number of nitrogens with zero attached hydrogens (tertiary/aromatic N) is 2. The number of rotatable bonds is 7. The van der Waals surface area contributed by atoms with Crippen molar-refractivity contribution in [3.05, 3.63) is 90.0 Å². The molecule has 0 spiro atoms. The van der Waals surface area contributed by atoms with Crippen molar-refractivity contribution < 1.29 is 22.7 Å². The van der Waals surface area contributed by atoms with Gasteiger partial charge in [0.05, 0.1) is 18.4 Å². The minimum Gasteiger partial charge on any atom is -0.496 e. The Balaban J connectivity index is 1.57. The first-order chi connectivity index (χ1) is 17.3. The summed E-state index contributed by atoms with van der Waals surface area (Å²) in [5.74, 6) is 0.807. The number of amides is 2. The highest BCUT2D eigenvalue weighted by atomic mass is 19.4. The molecule has 36 heavy (non-hydrogen) atoms. The van der Waals surface area contributed by atoms with E-state index in [0.717, 1.165) is 23.4 Å². The molecular weight excluding hydrogens is 471 g/mol. The molecule has 1 heterocycles. The van der Waals surface area contributed by atoms with Crippen molar-refractivity contribution in [3.63, 3.8) is 0 Å². The molecule has 0 saturated carbocycles. The molecule has 0 aliphatic rings. The average Bonchev–Trinajstić information content (AvgIpc) is 3.20. The number of alkyl halides is 3. The van der Waals surface area contributed by atoms with E-state index in [2.05, 4.69) is 15.7 Å². The van der Waals surface area contributed by atoms with E-state index in [-0.39, 0.29) is 11.5 Å². The van der Waals surface area contributed by atoms with Gasteiger partial charge in [-0.1, -0.05) is 48.5 Å². The van der Waals surface area contributed by atoms with Gasteiger partial charge < -0.3 is 21.1 Å². The predicted octanol–water partition coefficient (Wildman–Crippen LogP) is 5.51. The molecule has 0 unspecified atom stereocenters. The van der Waals surface area contributed by atoms with Crippen molar-refractivity contribution in [1.82, 2.24) is 15.1 Å². The van der Waals surface area contributed by atoms with Gasteiger partial charge in [0.1, 0.15) is 17.1 Å². The molecule has 10 heteroatoms. The molecule has 2 amide bonds. The van der Waals surface area contributed by atoms with E-state index >= 15 is 0 Å². The number of nitrogens with one attached hydrogen (secondary N) is 2. The van der Waals surface area contributed by atoms with E-state index in [1.165, 1.54) is 16.8 Å². The summed E-state index contributed by atoms with van der Waals surface area (Å²) >= 11 is 0. The molecule has 3 aromatic carbocycles. The molecule has 0 aliphatic carbocycles. The van der Waals surface area contributed by atoms with E-state index in [9.17, 15) is 18.0 Å². The first-order valence-electron chi connectivity index (χ1n) is 11.1. The average molecular weight is 496 g/mol. The molecule has 7 nitrogen and oxygen atoms in total. The minimum absolute atomic E-state index is 0.0773. The van der Waals surface area contributed by atoms with Gasteiger partial charge in [-0.15, -0.1) is 0 Å². The summed E-state index contributed by atoms with van der Waals surface area (Å²) in [6.07, 6.45) is -3.92. The number of ether oxygens (including phenoxy) is 1. The fourth-order valence-corrected chi connectivity index (χ4v) is 3.72. The fraction of sp³-hybridized carbons (Fsp3) is 0.154. The lowest BCUT2D eigenvalue weighted by Gasteiger charge is -2.11. The molecular formula is C26H24F3N5O2. The number of aromatic nitrogens is 2. The second-order valence-electron chi connectivity index (χ2n) is 7.87. The van der Waals surface area contributed by atoms with Crippen LogP contribution in [0.2, 0.25) is 0 Å². The monoisotopic (exact) mass is 495 g/mol. The fourth-order valence-electron chi connectivity index (χ4n) is 3.72. The summed E-state index contributed by atoms with van der Waals surface area (Å²) in [4.78, 5) is 12.7. The Hall–Kier alpha value is -4.47. The van der Waals surface area contributed by atoms with Gasteiger partial charge in [-0.3, -0.25) is 0 Å². The highest BCUT2D eigenvalue weighted by molar-refractivity contribution is 5.97. The van der Waals surface area contributed by atoms with Crippen LogP contribution < -0.4 is 21.1 Å². The van der Waals surface area contributed by atoms with E-state index in [4.69, 9.17) is 10.5 Å². The number of benzene rings is 3. The first-order valence-corrected chi connectivity index (χ1v) is 11.1. The molecule has 4 N–H and O–H groups in total. The van der Waals surface area contributed by atoms with Gasteiger partial charge in [-0.05, 0) is 42.3 Å². The Morgan fingerprint density at radius 1 is 1.00 bits per heavy atom. The number of hydrogen-bond donors (Lipinski definition) is 3. The van der Waals surface area contributed by atoms with Gasteiger partial charge in [0, 0.05) is 12.1 Å². The van der Waals surface area contributed by atoms with Gasteiger partial charge >= 0.3 is 12.2 Å². The molecule has 0 bridgehead atoms. The number of hydrogen-bond acceptors (Lipinski definition) is 4. The molecule has 4 rings (SSSR count). The van der Waals surface area contributed by atoms with Gasteiger partial charge in [-0.25, -0.2) is 9.48 Å². The Labute approximate surface area is 205 Å². The molecule has 0 fully saturated rings. The van der Waals surface area contributed by atoms with Gasteiger partial charge in [0.2, 0.25) is 0 Å². The van der Waals surface area contributed by atoms with Crippen LogP contribution in [0.4, 0.5) is 29.5 Å². The Kier molecular flexibility index (Phi) is 7.14. The van der Waals surface area contributed by atoms with Crippen LogP contribution in [-0.2, 0) is 12.6 Å². The molecule has 186 valence electrons. The van der Waals surface area contributed by atoms with Crippen LogP contribution >= 0.6 is 0 Å². The molecule has 1 aromatic heterocycles. The number of nitrogen functional groups attached to an aromatic ring is 1. The summed E-state index contributed by atoms with van der Waals surface area (Å²) in [5.41, 5.74) is 8.11. The smallest absolute Gasteiger partial charge is 0.416 e. The van der Waals surface area contributed by atoms with Crippen molar-refractivity contribution in [2.24, 2.45) is 0 Å². The highest BCUT2D eigenvalue weighted by Gasteiger charge is 2.30. The minimum atomic E-state index is -4.46. The quantitative estimate of drug-likeness (QED) is 0.315. The number of para-hydroxylation sites is 1. The lowest BCUT2D eigenvalue weighted by atomic mass is 10.1. The van der Waals surface area contributed by atoms with Crippen molar-refractivity contribution in [2.75, 3.05) is 24.7 Å². The Morgan fingerprint density at radius 2 is 1.67 bits per heavy atom. The van der Waals surface area contributed by atoms with Crippen LogP contribution in [0.3, 0.4) is 0 Å². The van der Waals surface area contributed by atoms with E-state index in [1.807, 2.05) is 30.3 Å². The van der Waals surface area contributed by atoms with Crippen LogP contribution in [0.5, 0.6) is 5.75 Å². The van der Waals surface area contributed by atoms with Crippen LogP contribution in [0, 0.1) is 0 Å². The molecule has 0 radical (unpaired) electrons. The van der Waals surface area contributed by atoms with Crippen molar-refractivity contribution in [2.45, 2.75) is 12.6 Å². The van der Waals surface area contributed by atoms with Crippen LogP contribution in [0.25, 0.3) is 16.9 Å². The van der Waals surface area contributed by atoms with Gasteiger partial charge in [0.15, 0.2) is 5.82 Å². The first kappa shape index (κ1) is 24.6. The third kappa shape index (κ3) is 5.43. The lowest BCUT2D eigenvalue weighted by molar-refractivity contribution is -0.137. The normalized spacial score (nSPS) is 11.2. The second-order valence-corrected chi connectivity index (χ2v) is 7.87. The topological polar surface area (TPSA) is 94.2 Å². The zero-order valence-corrected chi connectivity index (χ0v) is 19.3. The zero-order chi connectivity index (χ0) is 25.7. The Bertz CT molecular complexity index is 1340. The molecule has 0 saturated heterocycles. The largest absolute Gasteiger partial charge is 0.496 e. The van der Waals surface area contributed by atoms with Gasteiger partial charge in [0.25, 0.3) is 0 Å². The van der Waals surface area contributed by atoms with E-state index in [0.29, 0.717) is 29.9 Å². The number of urea groups is 1. The lowest BCUT2D eigenvalue weighted by Crippen LogP contribution is -2.30. The molecule has 4 aromatic rings. The predicted molar refractivity (Wildman–Crippen MR) is 132 cm³/mol. The summed E-state index contributed by atoms with van der Waals surface area (Å²) in [5, 5.41) is 10.0.